The van der Waals surface area contributed by atoms with Gasteiger partial charge in [-0.3, -0.25) is 4.79 Å². The highest BCUT2D eigenvalue weighted by Gasteiger charge is 2.23. The molecule has 3 nitrogen and oxygen atoms in total. The van der Waals surface area contributed by atoms with E-state index in [9.17, 15) is 4.79 Å². The first-order valence-electron chi connectivity index (χ1n) is 8.12. The van der Waals surface area contributed by atoms with E-state index < -0.39 is 0 Å². The molecular weight excluding hydrogens is 284 g/mol. The van der Waals surface area contributed by atoms with Crippen molar-refractivity contribution >= 4 is 16.8 Å². The van der Waals surface area contributed by atoms with E-state index in [-0.39, 0.29) is 5.91 Å². The quantitative estimate of drug-likeness (QED) is 0.771. The molecule has 1 aliphatic rings. The SMILES string of the molecule is Cc1cccc(CC(=O)N2CCc3c([nH]c4ccccc34)C2)c1. The fourth-order valence-corrected chi connectivity index (χ4v) is 3.51. The summed E-state index contributed by atoms with van der Waals surface area (Å²) in [5.41, 5.74) is 6.03. The molecule has 0 bridgehead atoms. The van der Waals surface area contributed by atoms with Crippen molar-refractivity contribution in [3.63, 3.8) is 0 Å². The third-order valence-corrected chi connectivity index (χ3v) is 4.67. The highest BCUT2D eigenvalue weighted by molar-refractivity contribution is 5.86. The van der Waals surface area contributed by atoms with Gasteiger partial charge in [-0.15, -0.1) is 0 Å². The second-order valence-electron chi connectivity index (χ2n) is 6.36. The van der Waals surface area contributed by atoms with Crippen LogP contribution in [0.1, 0.15) is 22.4 Å². The van der Waals surface area contributed by atoms with Crippen molar-refractivity contribution < 1.29 is 4.79 Å². The Morgan fingerprint density at radius 2 is 2.04 bits per heavy atom. The monoisotopic (exact) mass is 304 g/mol. The molecule has 3 heteroatoms. The highest BCUT2D eigenvalue weighted by Crippen LogP contribution is 2.27. The molecule has 23 heavy (non-hydrogen) atoms. The second-order valence-corrected chi connectivity index (χ2v) is 6.36. The Hall–Kier alpha value is -2.55. The average molecular weight is 304 g/mol. The molecule has 0 fully saturated rings. The minimum atomic E-state index is 0.208. The summed E-state index contributed by atoms with van der Waals surface area (Å²) in [6.45, 7) is 3.56. The number of H-pyrrole nitrogens is 1. The number of nitrogens with zero attached hydrogens (tertiary/aromatic N) is 1. The van der Waals surface area contributed by atoms with Crippen LogP contribution in [-0.2, 0) is 24.2 Å². The number of amides is 1. The summed E-state index contributed by atoms with van der Waals surface area (Å²) >= 11 is 0. The standard InChI is InChI=1S/C20H20N2O/c1-14-5-4-6-15(11-14)12-20(23)22-10-9-17-16-7-2-3-8-18(16)21-19(17)13-22/h2-8,11,21H,9-10,12-13H2,1H3. The van der Waals surface area contributed by atoms with Crippen LogP contribution in [0.4, 0.5) is 0 Å². The Balaban J connectivity index is 1.54. The molecule has 2 aromatic carbocycles. The third-order valence-electron chi connectivity index (χ3n) is 4.67. The minimum absolute atomic E-state index is 0.208. The van der Waals surface area contributed by atoms with E-state index in [2.05, 4.69) is 42.2 Å². The predicted octanol–water partition coefficient (Wildman–Crippen LogP) is 3.60. The van der Waals surface area contributed by atoms with Gasteiger partial charge in [-0.1, -0.05) is 48.0 Å². The summed E-state index contributed by atoms with van der Waals surface area (Å²) in [6, 6.07) is 16.6. The molecule has 116 valence electrons. The van der Waals surface area contributed by atoms with Crippen molar-refractivity contribution in [2.45, 2.75) is 26.3 Å². The number of fused-ring (bicyclic) bond motifs is 3. The summed E-state index contributed by atoms with van der Waals surface area (Å²) in [7, 11) is 0. The molecule has 4 rings (SSSR count). The maximum atomic E-state index is 12.6. The van der Waals surface area contributed by atoms with Crippen molar-refractivity contribution in [1.82, 2.24) is 9.88 Å². The fraction of sp³-hybridized carbons (Fsp3) is 0.250. The lowest BCUT2D eigenvalue weighted by Gasteiger charge is -2.27. The van der Waals surface area contributed by atoms with Gasteiger partial charge in [0, 0.05) is 23.1 Å². The highest BCUT2D eigenvalue weighted by atomic mass is 16.2. The second kappa shape index (κ2) is 5.58. The van der Waals surface area contributed by atoms with E-state index in [4.69, 9.17) is 0 Å². The van der Waals surface area contributed by atoms with E-state index >= 15 is 0 Å². The van der Waals surface area contributed by atoms with Crippen LogP contribution in [-0.4, -0.2) is 22.3 Å². The predicted molar refractivity (Wildman–Crippen MR) is 92.3 cm³/mol. The summed E-state index contributed by atoms with van der Waals surface area (Å²) in [6.07, 6.45) is 1.41. The molecule has 1 amide bonds. The van der Waals surface area contributed by atoms with Crippen LogP contribution in [0.3, 0.4) is 0 Å². The van der Waals surface area contributed by atoms with Crippen LogP contribution in [0.15, 0.2) is 48.5 Å². The van der Waals surface area contributed by atoms with Gasteiger partial charge >= 0.3 is 0 Å². The topological polar surface area (TPSA) is 36.1 Å². The first-order chi connectivity index (χ1) is 11.2. The molecule has 0 unspecified atom stereocenters. The van der Waals surface area contributed by atoms with E-state index in [1.807, 2.05) is 23.1 Å². The molecule has 1 aromatic heterocycles. The first-order valence-corrected chi connectivity index (χ1v) is 8.12. The molecule has 0 aliphatic carbocycles. The Morgan fingerprint density at radius 1 is 1.17 bits per heavy atom. The zero-order chi connectivity index (χ0) is 15.8. The van der Waals surface area contributed by atoms with E-state index in [1.54, 1.807) is 0 Å². The van der Waals surface area contributed by atoms with Crippen LogP contribution in [0.25, 0.3) is 10.9 Å². The van der Waals surface area contributed by atoms with Crippen molar-refractivity contribution in [2.24, 2.45) is 0 Å². The van der Waals surface area contributed by atoms with Gasteiger partial charge in [0.25, 0.3) is 0 Å². The van der Waals surface area contributed by atoms with Crippen LogP contribution in [0.5, 0.6) is 0 Å². The number of benzene rings is 2. The number of aromatic nitrogens is 1. The molecule has 0 radical (unpaired) electrons. The zero-order valence-corrected chi connectivity index (χ0v) is 13.3. The number of hydrogen-bond donors (Lipinski definition) is 1. The van der Waals surface area contributed by atoms with Crippen molar-refractivity contribution in [3.05, 3.63) is 70.9 Å². The number of rotatable bonds is 2. The lowest BCUT2D eigenvalue weighted by atomic mass is 10.0. The maximum Gasteiger partial charge on any atom is 0.227 e. The van der Waals surface area contributed by atoms with E-state index in [1.165, 1.54) is 27.7 Å². The van der Waals surface area contributed by atoms with Gasteiger partial charge in [0.05, 0.1) is 13.0 Å². The first kappa shape index (κ1) is 14.1. The Kier molecular flexibility index (Phi) is 3.41. The van der Waals surface area contributed by atoms with E-state index in [0.717, 1.165) is 18.5 Å². The summed E-state index contributed by atoms with van der Waals surface area (Å²) in [4.78, 5) is 18.1. The van der Waals surface area contributed by atoms with Crippen molar-refractivity contribution in [1.29, 1.82) is 0 Å². The van der Waals surface area contributed by atoms with Crippen LogP contribution in [0.2, 0.25) is 0 Å². The summed E-state index contributed by atoms with van der Waals surface area (Å²) in [5.74, 6) is 0.208. The molecule has 3 aromatic rings. The number of carbonyl (C=O) groups excluding carboxylic acids is 1. The summed E-state index contributed by atoms with van der Waals surface area (Å²) < 4.78 is 0. The lowest BCUT2D eigenvalue weighted by molar-refractivity contribution is -0.131. The third kappa shape index (κ3) is 2.63. The normalized spacial score (nSPS) is 14.0. The molecule has 1 N–H and O–H groups in total. The van der Waals surface area contributed by atoms with Gasteiger partial charge < -0.3 is 9.88 Å². The molecule has 0 saturated heterocycles. The van der Waals surface area contributed by atoms with Crippen molar-refractivity contribution in [3.8, 4) is 0 Å². The van der Waals surface area contributed by atoms with Gasteiger partial charge in [-0.25, -0.2) is 0 Å². The Morgan fingerprint density at radius 3 is 2.91 bits per heavy atom. The number of hydrogen-bond acceptors (Lipinski definition) is 1. The molecule has 0 atom stereocenters. The molecule has 1 aliphatic heterocycles. The number of carbonyl (C=O) groups is 1. The number of para-hydroxylation sites is 1. The van der Waals surface area contributed by atoms with Gasteiger partial charge in [-0.05, 0) is 30.5 Å². The number of aryl methyl sites for hydroxylation is 1. The average Bonchev–Trinajstić information content (AvgIpc) is 2.92. The molecular formula is C20H20N2O. The maximum absolute atomic E-state index is 12.6. The molecule has 2 heterocycles. The van der Waals surface area contributed by atoms with Gasteiger partial charge in [0.15, 0.2) is 0 Å². The zero-order valence-electron chi connectivity index (χ0n) is 13.3. The van der Waals surface area contributed by atoms with Gasteiger partial charge in [0.2, 0.25) is 5.91 Å². The van der Waals surface area contributed by atoms with Gasteiger partial charge in [-0.2, -0.15) is 0 Å². The van der Waals surface area contributed by atoms with Crippen molar-refractivity contribution in [2.75, 3.05) is 6.54 Å². The molecule has 0 saturated carbocycles. The van der Waals surface area contributed by atoms with Crippen LogP contribution in [0, 0.1) is 6.92 Å². The molecule has 0 spiro atoms. The lowest BCUT2D eigenvalue weighted by Crippen LogP contribution is -2.36. The largest absolute Gasteiger partial charge is 0.357 e. The number of aromatic amines is 1. The summed E-state index contributed by atoms with van der Waals surface area (Å²) in [5, 5.41) is 1.30. The van der Waals surface area contributed by atoms with Crippen LogP contribution < -0.4 is 0 Å². The Bertz CT molecular complexity index is 878. The minimum Gasteiger partial charge on any atom is -0.357 e. The smallest absolute Gasteiger partial charge is 0.227 e. The number of nitrogens with one attached hydrogen (secondary N) is 1. The van der Waals surface area contributed by atoms with Crippen LogP contribution >= 0.6 is 0 Å². The fourth-order valence-electron chi connectivity index (χ4n) is 3.51. The van der Waals surface area contributed by atoms with Gasteiger partial charge in [0.1, 0.15) is 0 Å². The Labute approximate surface area is 135 Å². The van der Waals surface area contributed by atoms with E-state index in [0.29, 0.717) is 13.0 Å².